The van der Waals surface area contributed by atoms with Crippen LogP contribution in [-0.4, -0.2) is 35.0 Å². The quantitative estimate of drug-likeness (QED) is 0.831. The van der Waals surface area contributed by atoms with Crippen LogP contribution in [0.3, 0.4) is 0 Å². The SMILES string of the molecule is CCCN(CC(=O)O)C(=O)c1ccc(I)cc1. The summed E-state index contributed by atoms with van der Waals surface area (Å²) in [6.07, 6.45) is 0.739. The monoisotopic (exact) mass is 347 g/mol. The smallest absolute Gasteiger partial charge is 0.323 e. The van der Waals surface area contributed by atoms with E-state index in [0.717, 1.165) is 9.99 Å². The van der Waals surface area contributed by atoms with Gasteiger partial charge in [0, 0.05) is 15.7 Å². The molecule has 1 N–H and O–H groups in total. The maximum absolute atomic E-state index is 12.0. The number of nitrogens with zero attached hydrogens (tertiary/aromatic N) is 1. The first-order valence-electron chi connectivity index (χ1n) is 5.31. The zero-order valence-electron chi connectivity index (χ0n) is 9.52. The summed E-state index contributed by atoms with van der Waals surface area (Å²) < 4.78 is 1.04. The lowest BCUT2D eigenvalue weighted by molar-refractivity contribution is -0.137. The number of carboxylic acid groups (broad SMARTS) is 1. The summed E-state index contributed by atoms with van der Waals surface area (Å²) in [5, 5.41) is 8.76. The Bertz CT molecular complexity index is 403. The number of hydrogen-bond donors (Lipinski definition) is 1. The third-order valence-electron chi connectivity index (χ3n) is 2.20. The van der Waals surface area contributed by atoms with Crippen molar-refractivity contribution in [2.75, 3.05) is 13.1 Å². The van der Waals surface area contributed by atoms with E-state index in [2.05, 4.69) is 22.6 Å². The highest BCUT2D eigenvalue weighted by molar-refractivity contribution is 14.1. The second kappa shape index (κ2) is 6.58. The van der Waals surface area contributed by atoms with E-state index in [-0.39, 0.29) is 12.5 Å². The zero-order valence-corrected chi connectivity index (χ0v) is 11.7. The van der Waals surface area contributed by atoms with Crippen molar-refractivity contribution in [2.45, 2.75) is 13.3 Å². The molecule has 0 bridgehead atoms. The summed E-state index contributed by atoms with van der Waals surface area (Å²) in [5.74, 6) is -1.22. The molecule has 0 radical (unpaired) electrons. The van der Waals surface area contributed by atoms with Gasteiger partial charge in [-0.15, -0.1) is 0 Å². The van der Waals surface area contributed by atoms with E-state index in [1.807, 2.05) is 19.1 Å². The lowest BCUT2D eigenvalue weighted by Crippen LogP contribution is -2.36. The Morgan fingerprint density at radius 1 is 1.29 bits per heavy atom. The van der Waals surface area contributed by atoms with E-state index in [1.54, 1.807) is 12.1 Å². The molecule has 0 saturated heterocycles. The largest absolute Gasteiger partial charge is 0.480 e. The first-order chi connectivity index (χ1) is 8.04. The Kier molecular flexibility index (Phi) is 5.40. The predicted molar refractivity (Wildman–Crippen MR) is 73.0 cm³/mol. The topological polar surface area (TPSA) is 57.6 Å². The van der Waals surface area contributed by atoms with Crippen LogP contribution >= 0.6 is 22.6 Å². The number of carboxylic acids is 1. The van der Waals surface area contributed by atoms with Crippen LogP contribution in [0, 0.1) is 3.57 Å². The summed E-state index contributed by atoms with van der Waals surface area (Å²) in [6, 6.07) is 7.10. The minimum absolute atomic E-state index is 0.231. The first kappa shape index (κ1) is 14.0. The molecule has 1 rings (SSSR count). The standard InChI is InChI=1S/C12H14INO3/c1-2-7-14(8-11(15)16)12(17)9-3-5-10(13)6-4-9/h3-6H,2,7-8H2,1H3,(H,15,16). The van der Waals surface area contributed by atoms with E-state index >= 15 is 0 Å². The molecule has 0 heterocycles. The molecule has 5 heteroatoms. The highest BCUT2D eigenvalue weighted by atomic mass is 127. The number of rotatable bonds is 5. The zero-order chi connectivity index (χ0) is 12.8. The molecule has 0 aliphatic rings. The van der Waals surface area contributed by atoms with Crippen LogP contribution in [0.5, 0.6) is 0 Å². The Morgan fingerprint density at radius 3 is 2.35 bits per heavy atom. The van der Waals surface area contributed by atoms with Crippen LogP contribution in [-0.2, 0) is 4.79 Å². The molecule has 4 nitrogen and oxygen atoms in total. The van der Waals surface area contributed by atoms with Crippen LogP contribution < -0.4 is 0 Å². The Balaban J connectivity index is 2.83. The molecule has 0 saturated carbocycles. The molecule has 17 heavy (non-hydrogen) atoms. The van der Waals surface area contributed by atoms with Crippen molar-refractivity contribution in [1.82, 2.24) is 4.90 Å². The average molecular weight is 347 g/mol. The van der Waals surface area contributed by atoms with Gasteiger partial charge in [-0.25, -0.2) is 0 Å². The molecule has 1 aromatic rings. The Morgan fingerprint density at radius 2 is 1.88 bits per heavy atom. The summed E-state index contributed by atoms with van der Waals surface area (Å²) in [7, 11) is 0. The number of halogens is 1. The lowest BCUT2D eigenvalue weighted by atomic mass is 10.2. The van der Waals surface area contributed by atoms with Gasteiger partial charge in [0.05, 0.1) is 0 Å². The maximum Gasteiger partial charge on any atom is 0.323 e. The van der Waals surface area contributed by atoms with E-state index in [4.69, 9.17) is 5.11 Å². The van der Waals surface area contributed by atoms with E-state index in [1.165, 1.54) is 4.90 Å². The van der Waals surface area contributed by atoms with Crippen LogP contribution in [0.25, 0.3) is 0 Å². The van der Waals surface area contributed by atoms with Gasteiger partial charge in [-0.2, -0.15) is 0 Å². The van der Waals surface area contributed by atoms with E-state index in [0.29, 0.717) is 12.1 Å². The highest BCUT2D eigenvalue weighted by Gasteiger charge is 2.17. The van der Waals surface area contributed by atoms with Crippen molar-refractivity contribution in [3.05, 3.63) is 33.4 Å². The van der Waals surface area contributed by atoms with Crippen LogP contribution in [0.2, 0.25) is 0 Å². The van der Waals surface area contributed by atoms with Gasteiger partial charge in [0.2, 0.25) is 0 Å². The number of hydrogen-bond acceptors (Lipinski definition) is 2. The van der Waals surface area contributed by atoms with Crippen molar-refractivity contribution < 1.29 is 14.7 Å². The van der Waals surface area contributed by atoms with Crippen molar-refractivity contribution >= 4 is 34.5 Å². The molecule has 92 valence electrons. The summed E-state index contributed by atoms with van der Waals surface area (Å²) in [6.45, 7) is 2.12. The van der Waals surface area contributed by atoms with Crippen molar-refractivity contribution in [1.29, 1.82) is 0 Å². The van der Waals surface area contributed by atoms with Gasteiger partial charge in [0.1, 0.15) is 6.54 Å². The fourth-order valence-corrected chi connectivity index (χ4v) is 1.82. The number of amides is 1. The molecule has 0 aliphatic carbocycles. The van der Waals surface area contributed by atoms with Crippen LogP contribution in [0.4, 0.5) is 0 Å². The molecule has 0 aromatic heterocycles. The van der Waals surface area contributed by atoms with E-state index < -0.39 is 5.97 Å². The second-order valence-electron chi connectivity index (χ2n) is 3.63. The molecule has 1 aromatic carbocycles. The molecule has 1 amide bonds. The number of carbonyl (C=O) groups excluding carboxylic acids is 1. The lowest BCUT2D eigenvalue weighted by Gasteiger charge is -2.19. The van der Waals surface area contributed by atoms with Gasteiger partial charge < -0.3 is 10.0 Å². The van der Waals surface area contributed by atoms with Gasteiger partial charge in [-0.05, 0) is 53.3 Å². The minimum Gasteiger partial charge on any atom is -0.480 e. The van der Waals surface area contributed by atoms with Gasteiger partial charge in [-0.3, -0.25) is 9.59 Å². The van der Waals surface area contributed by atoms with Crippen LogP contribution in [0.1, 0.15) is 23.7 Å². The minimum atomic E-state index is -0.989. The maximum atomic E-state index is 12.0. The highest BCUT2D eigenvalue weighted by Crippen LogP contribution is 2.09. The molecule has 0 fully saturated rings. The fourth-order valence-electron chi connectivity index (χ4n) is 1.46. The summed E-state index contributed by atoms with van der Waals surface area (Å²) >= 11 is 2.15. The normalized spacial score (nSPS) is 10.0. The van der Waals surface area contributed by atoms with Gasteiger partial charge in [-0.1, -0.05) is 6.92 Å². The van der Waals surface area contributed by atoms with Gasteiger partial charge in [0.25, 0.3) is 5.91 Å². The summed E-state index contributed by atoms with van der Waals surface area (Å²) in [5.41, 5.74) is 0.528. The Hall–Kier alpha value is -1.11. The molecule has 0 unspecified atom stereocenters. The van der Waals surface area contributed by atoms with Crippen molar-refractivity contribution in [3.8, 4) is 0 Å². The molecule has 0 spiro atoms. The molecular formula is C12H14INO3. The first-order valence-corrected chi connectivity index (χ1v) is 6.39. The third kappa shape index (κ3) is 4.33. The Labute approximate surface area is 114 Å². The number of carbonyl (C=O) groups is 2. The molecule has 0 atom stereocenters. The fraction of sp³-hybridized carbons (Fsp3) is 0.333. The predicted octanol–water partition coefficient (Wildman–Crippen LogP) is 2.23. The third-order valence-corrected chi connectivity index (χ3v) is 2.92. The molecular weight excluding hydrogens is 333 g/mol. The number of benzene rings is 1. The molecule has 0 aliphatic heterocycles. The number of aliphatic carboxylic acids is 1. The second-order valence-corrected chi connectivity index (χ2v) is 4.87. The van der Waals surface area contributed by atoms with Gasteiger partial charge in [0.15, 0.2) is 0 Å². The van der Waals surface area contributed by atoms with Crippen molar-refractivity contribution in [2.24, 2.45) is 0 Å². The van der Waals surface area contributed by atoms with Crippen LogP contribution in [0.15, 0.2) is 24.3 Å². The van der Waals surface area contributed by atoms with Crippen molar-refractivity contribution in [3.63, 3.8) is 0 Å². The average Bonchev–Trinajstić information content (AvgIpc) is 2.28. The van der Waals surface area contributed by atoms with E-state index in [9.17, 15) is 9.59 Å². The van der Waals surface area contributed by atoms with Gasteiger partial charge >= 0.3 is 5.97 Å². The summed E-state index contributed by atoms with van der Waals surface area (Å²) in [4.78, 5) is 24.1.